The maximum Gasteiger partial charge on any atom is 0.180 e. The first-order chi connectivity index (χ1) is 25.0. The van der Waals surface area contributed by atoms with Crippen LogP contribution >= 0.6 is 0 Å². The van der Waals surface area contributed by atoms with E-state index in [1.165, 1.54) is 120 Å². The maximum atomic E-state index is 10.4. The molecular weight excluding hydrogens is 650 g/mol. The van der Waals surface area contributed by atoms with Gasteiger partial charge in [-0.25, -0.2) is 4.68 Å². The summed E-state index contributed by atoms with van der Waals surface area (Å²) in [5.41, 5.74) is 1.42. The third-order valence-corrected chi connectivity index (χ3v) is 9.68. The Morgan fingerprint density at radius 1 is 0.627 bits per heavy atom. The van der Waals surface area contributed by atoms with Gasteiger partial charge in [-0.05, 0) is 30.5 Å². The highest BCUT2D eigenvalue weighted by Crippen LogP contribution is 2.28. The van der Waals surface area contributed by atoms with Gasteiger partial charge in [0, 0.05) is 6.07 Å². The average molecular weight is 720 g/mol. The summed E-state index contributed by atoms with van der Waals surface area (Å²) >= 11 is 0. The van der Waals surface area contributed by atoms with Crippen molar-refractivity contribution in [2.45, 2.75) is 186 Å². The standard InChI is InChI=1S/C40H69N3O8/c1-3-5-7-9-11-13-15-17-19-21-23-49-34-25-32(26-35(27-34)50-24-22-20-18-16-14-12-10-8-6-4-2)30-48-31-33-28-43(42-41-33)40-39(47)38(46)37(45)36(29-44)51-40/h25-28,36-40,44-47H,3-24,29-31H2,1-2H3/t36-,37+,38+,39-,40-/m1/s1. The molecule has 1 aromatic carbocycles. The quantitative estimate of drug-likeness (QED) is 0.0596. The van der Waals surface area contributed by atoms with Crippen molar-refractivity contribution in [1.82, 2.24) is 15.0 Å². The minimum Gasteiger partial charge on any atom is -0.493 e. The van der Waals surface area contributed by atoms with Crippen molar-refractivity contribution in [2.24, 2.45) is 0 Å². The molecule has 4 N–H and O–H groups in total. The van der Waals surface area contributed by atoms with E-state index in [0.717, 1.165) is 29.9 Å². The molecule has 1 saturated heterocycles. The topological polar surface area (TPSA) is 149 Å². The Labute approximate surface area is 307 Å². The van der Waals surface area contributed by atoms with Gasteiger partial charge in [-0.15, -0.1) is 5.10 Å². The number of benzene rings is 1. The van der Waals surface area contributed by atoms with Crippen molar-refractivity contribution in [3.05, 3.63) is 35.7 Å². The summed E-state index contributed by atoms with van der Waals surface area (Å²) in [6.45, 7) is 5.79. The number of aliphatic hydroxyl groups excluding tert-OH is 4. The van der Waals surface area contributed by atoms with Crippen LogP contribution in [0.4, 0.5) is 0 Å². The fourth-order valence-electron chi connectivity index (χ4n) is 6.52. The van der Waals surface area contributed by atoms with Crippen LogP contribution in [0.15, 0.2) is 24.4 Å². The van der Waals surface area contributed by atoms with Crippen LogP contribution in [0, 0.1) is 0 Å². The van der Waals surface area contributed by atoms with Crippen LogP contribution in [-0.4, -0.2) is 79.7 Å². The molecular formula is C40H69N3O8. The Morgan fingerprint density at radius 3 is 1.61 bits per heavy atom. The normalized spacial score (nSPS) is 20.5. The van der Waals surface area contributed by atoms with Gasteiger partial charge < -0.3 is 39.4 Å². The zero-order valence-electron chi connectivity index (χ0n) is 31.6. The van der Waals surface area contributed by atoms with E-state index in [4.69, 9.17) is 18.9 Å². The van der Waals surface area contributed by atoms with E-state index in [2.05, 4.69) is 24.2 Å². The molecule has 2 aromatic rings. The Balaban J connectivity index is 1.46. The third kappa shape index (κ3) is 16.9. The highest BCUT2D eigenvalue weighted by Gasteiger charge is 2.44. The summed E-state index contributed by atoms with van der Waals surface area (Å²) in [5.74, 6) is 1.55. The van der Waals surface area contributed by atoms with Crippen LogP contribution < -0.4 is 9.47 Å². The second-order valence-corrected chi connectivity index (χ2v) is 14.3. The predicted octanol–water partition coefficient (Wildman–Crippen LogP) is 7.57. The van der Waals surface area contributed by atoms with Crippen LogP contribution in [0.3, 0.4) is 0 Å². The summed E-state index contributed by atoms with van der Waals surface area (Å²) in [5, 5.41) is 48.3. The lowest BCUT2D eigenvalue weighted by Crippen LogP contribution is -2.56. The molecule has 1 fully saturated rings. The van der Waals surface area contributed by atoms with Crippen molar-refractivity contribution in [3.8, 4) is 11.5 Å². The zero-order valence-corrected chi connectivity index (χ0v) is 31.6. The first-order valence-electron chi connectivity index (χ1n) is 20.1. The summed E-state index contributed by atoms with van der Waals surface area (Å²) in [6, 6.07) is 5.96. The highest BCUT2D eigenvalue weighted by molar-refractivity contribution is 5.38. The first-order valence-corrected chi connectivity index (χ1v) is 20.1. The van der Waals surface area contributed by atoms with Gasteiger partial charge in [0.25, 0.3) is 0 Å². The zero-order chi connectivity index (χ0) is 36.5. The highest BCUT2D eigenvalue weighted by atomic mass is 16.6. The number of unbranched alkanes of at least 4 members (excludes halogenated alkanes) is 18. The molecule has 5 atom stereocenters. The Kier molecular flexibility index (Phi) is 22.4. The molecule has 0 amide bonds. The summed E-state index contributed by atoms with van der Waals surface area (Å²) in [4.78, 5) is 0. The van der Waals surface area contributed by atoms with Gasteiger partial charge in [0.15, 0.2) is 6.23 Å². The van der Waals surface area contributed by atoms with Crippen molar-refractivity contribution in [3.63, 3.8) is 0 Å². The number of ether oxygens (including phenoxy) is 4. The lowest BCUT2D eigenvalue weighted by Gasteiger charge is -2.39. The van der Waals surface area contributed by atoms with Crippen molar-refractivity contribution >= 4 is 0 Å². The molecule has 0 aliphatic carbocycles. The van der Waals surface area contributed by atoms with Crippen LogP contribution in [0.5, 0.6) is 11.5 Å². The molecule has 1 aliphatic heterocycles. The summed E-state index contributed by atoms with van der Waals surface area (Å²) < 4.78 is 25.2. The van der Waals surface area contributed by atoms with Crippen LogP contribution in [0.25, 0.3) is 0 Å². The first kappa shape index (κ1) is 43.1. The van der Waals surface area contributed by atoms with Crippen LogP contribution in [0.1, 0.15) is 160 Å². The van der Waals surface area contributed by atoms with Crippen LogP contribution in [0.2, 0.25) is 0 Å². The van der Waals surface area contributed by atoms with Crippen LogP contribution in [-0.2, 0) is 22.7 Å². The van der Waals surface area contributed by atoms with Crippen molar-refractivity contribution in [2.75, 3.05) is 19.8 Å². The molecule has 3 rings (SSSR count). The Bertz CT molecular complexity index is 1100. The van der Waals surface area contributed by atoms with Gasteiger partial charge in [0.1, 0.15) is 41.6 Å². The molecule has 11 heteroatoms. The molecule has 51 heavy (non-hydrogen) atoms. The monoisotopic (exact) mass is 720 g/mol. The van der Waals surface area contributed by atoms with Gasteiger partial charge in [-0.2, -0.15) is 0 Å². The molecule has 0 bridgehead atoms. The second kappa shape index (κ2) is 26.5. The molecule has 1 aromatic heterocycles. The minimum absolute atomic E-state index is 0.149. The molecule has 0 saturated carbocycles. The fourth-order valence-corrected chi connectivity index (χ4v) is 6.52. The number of rotatable bonds is 30. The minimum atomic E-state index is -1.49. The van der Waals surface area contributed by atoms with Gasteiger partial charge in [-0.1, -0.05) is 135 Å². The largest absolute Gasteiger partial charge is 0.493 e. The van der Waals surface area contributed by atoms with E-state index < -0.39 is 37.3 Å². The van der Waals surface area contributed by atoms with Crippen molar-refractivity contribution in [1.29, 1.82) is 0 Å². The van der Waals surface area contributed by atoms with Crippen molar-refractivity contribution < 1.29 is 39.4 Å². The number of nitrogens with zero attached hydrogens (tertiary/aromatic N) is 3. The van der Waals surface area contributed by atoms with Gasteiger partial charge in [0.05, 0.1) is 39.2 Å². The average Bonchev–Trinajstić information content (AvgIpc) is 3.60. The van der Waals surface area contributed by atoms with Gasteiger partial charge in [0.2, 0.25) is 0 Å². The third-order valence-electron chi connectivity index (χ3n) is 9.68. The van der Waals surface area contributed by atoms with E-state index in [-0.39, 0.29) is 6.61 Å². The van der Waals surface area contributed by atoms with E-state index in [9.17, 15) is 20.4 Å². The SMILES string of the molecule is CCCCCCCCCCCCOc1cc(COCc2cn([C@@H]3O[C@H](CO)[C@H](O)[C@H](O)[C@H]3O)nn2)cc(OCCCCCCCCCCCC)c1. The second-order valence-electron chi connectivity index (χ2n) is 14.3. The molecule has 1 aliphatic rings. The Hall–Kier alpha value is -2.28. The molecule has 0 unspecified atom stereocenters. The summed E-state index contributed by atoms with van der Waals surface area (Å²) in [6.07, 6.45) is 20.6. The molecule has 11 nitrogen and oxygen atoms in total. The van der Waals surface area contributed by atoms with Gasteiger partial charge >= 0.3 is 0 Å². The van der Waals surface area contributed by atoms with Gasteiger partial charge in [-0.3, -0.25) is 0 Å². The lowest BCUT2D eigenvalue weighted by molar-refractivity contribution is -0.254. The Morgan fingerprint density at radius 2 is 1.12 bits per heavy atom. The fraction of sp³-hybridized carbons (Fsp3) is 0.800. The van der Waals surface area contributed by atoms with E-state index in [0.29, 0.717) is 25.5 Å². The van der Waals surface area contributed by atoms with E-state index in [1.807, 2.05) is 18.2 Å². The molecule has 0 spiro atoms. The summed E-state index contributed by atoms with van der Waals surface area (Å²) in [7, 11) is 0. The lowest BCUT2D eigenvalue weighted by atomic mass is 9.98. The molecule has 0 radical (unpaired) electrons. The molecule has 2 heterocycles. The predicted molar refractivity (Wildman–Crippen MR) is 199 cm³/mol. The smallest absolute Gasteiger partial charge is 0.180 e. The van der Waals surface area contributed by atoms with E-state index >= 15 is 0 Å². The maximum absolute atomic E-state index is 10.4. The number of hydrogen-bond acceptors (Lipinski definition) is 10. The number of hydrogen-bond donors (Lipinski definition) is 4. The number of aliphatic hydroxyl groups is 4. The van der Waals surface area contributed by atoms with E-state index in [1.54, 1.807) is 6.20 Å². The molecule has 292 valence electrons. The number of aromatic nitrogens is 3.